The summed E-state index contributed by atoms with van der Waals surface area (Å²) in [5, 5.41) is 20.8. The Morgan fingerprint density at radius 3 is 2.10 bits per heavy atom. The standard InChI is InChI=1S/C20H12Cl2FNO6/c21-14-7-11(24-19(26)20(27)28)8-15(22)18(14)30-13-5-6-16(25)17(9-13)29-12-3-1-10(23)2-4-12/h1-9,25H,(H,24,26)(H,27,28). The Morgan fingerprint density at radius 1 is 0.900 bits per heavy atom. The third kappa shape index (κ3) is 5.11. The number of amides is 1. The lowest BCUT2D eigenvalue weighted by molar-refractivity contribution is -0.147. The lowest BCUT2D eigenvalue weighted by Crippen LogP contribution is -2.21. The quantitative estimate of drug-likeness (QED) is 0.445. The van der Waals surface area contributed by atoms with Crippen LogP contribution in [-0.4, -0.2) is 22.1 Å². The average Bonchev–Trinajstić information content (AvgIpc) is 2.68. The smallest absolute Gasteiger partial charge is 0.394 e. The van der Waals surface area contributed by atoms with Crippen LogP contribution >= 0.6 is 23.2 Å². The van der Waals surface area contributed by atoms with Crippen molar-refractivity contribution in [2.24, 2.45) is 0 Å². The van der Waals surface area contributed by atoms with E-state index in [0.29, 0.717) is 5.75 Å². The third-order valence-electron chi connectivity index (χ3n) is 3.64. The number of anilines is 1. The number of aromatic hydroxyl groups is 1. The van der Waals surface area contributed by atoms with Crippen molar-refractivity contribution in [3.05, 3.63) is 70.5 Å². The summed E-state index contributed by atoms with van der Waals surface area (Å²) >= 11 is 12.3. The molecule has 0 aromatic heterocycles. The zero-order chi connectivity index (χ0) is 21.8. The molecule has 0 saturated carbocycles. The van der Waals surface area contributed by atoms with Crippen LogP contribution in [0, 0.1) is 5.82 Å². The molecule has 3 aromatic rings. The second kappa shape index (κ2) is 8.89. The highest BCUT2D eigenvalue weighted by atomic mass is 35.5. The molecule has 1 amide bonds. The van der Waals surface area contributed by atoms with Gasteiger partial charge >= 0.3 is 11.9 Å². The van der Waals surface area contributed by atoms with Gasteiger partial charge in [0.2, 0.25) is 0 Å². The lowest BCUT2D eigenvalue weighted by Gasteiger charge is -2.13. The van der Waals surface area contributed by atoms with Crippen LogP contribution in [0.3, 0.4) is 0 Å². The molecule has 30 heavy (non-hydrogen) atoms. The number of benzene rings is 3. The highest BCUT2D eigenvalue weighted by molar-refractivity contribution is 6.39. The Balaban J connectivity index is 1.83. The maximum atomic E-state index is 13.0. The molecule has 0 atom stereocenters. The number of phenolic OH excluding ortho intramolecular Hbond substituents is 1. The van der Waals surface area contributed by atoms with E-state index in [2.05, 4.69) is 5.32 Å². The Bertz CT molecular complexity index is 1100. The molecule has 0 radical (unpaired) electrons. The number of halogens is 3. The number of hydrogen-bond acceptors (Lipinski definition) is 5. The third-order valence-corrected chi connectivity index (χ3v) is 4.20. The largest absolute Gasteiger partial charge is 0.504 e. The summed E-state index contributed by atoms with van der Waals surface area (Å²) in [5.74, 6) is -2.97. The van der Waals surface area contributed by atoms with Crippen molar-refractivity contribution in [1.29, 1.82) is 0 Å². The number of ether oxygens (including phenoxy) is 2. The number of rotatable bonds is 5. The molecule has 10 heteroatoms. The lowest BCUT2D eigenvalue weighted by atomic mass is 10.2. The summed E-state index contributed by atoms with van der Waals surface area (Å²) < 4.78 is 24.2. The molecule has 0 saturated heterocycles. The molecule has 3 rings (SSSR count). The number of carbonyl (C=O) groups excluding carboxylic acids is 1. The molecule has 3 aromatic carbocycles. The van der Waals surface area contributed by atoms with E-state index in [1.807, 2.05) is 0 Å². The summed E-state index contributed by atoms with van der Waals surface area (Å²) in [6.45, 7) is 0. The molecule has 0 spiro atoms. The average molecular weight is 452 g/mol. The van der Waals surface area contributed by atoms with Gasteiger partial charge < -0.3 is 25.0 Å². The van der Waals surface area contributed by atoms with Gasteiger partial charge in [-0.15, -0.1) is 0 Å². The predicted octanol–water partition coefficient (Wildman–Crippen LogP) is 5.45. The number of hydrogen-bond donors (Lipinski definition) is 3. The molecule has 0 unspecified atom stereocenters. The van der Waals surface area contributed by atoms with Gasteiger partial charge in [0, 0.05) is 11.8 Å². The van der Waals surface area contributed by atoms with E-state index < -0.39 is 17.7 Å². The predicted molar refractivity (Wildman–Crippen MR) is 107 cm³/mol. The van der Waals surface area contributed by atoms with Crippen LogP contribution < -0.4 is 14.8 Å². The number of phenols is 1. The molecule has 0 aliphatic carbocycles. The van der Waals surface area contributed by atoms with Gasteiger partial charge in [-0.2, -0.15) is 0 Å². The van der Waals surface area contributed by atoms with E-state index in [1.165, 1.54) is 54.6 Å². The van der Waals surface area contributed by atoms with E-state index in [9.17, 15) is 19.1 Å². The fraction of sp³-hybridized carbons (Fsp3) is 0. The highest BCUT2D eigenvalue weighted by Gasteiger charge is 2.16. The van der Waals surface area contributed by atoms with Crippen molar-refractivity contribution in [2.75, 3.05) is 5.32 Å². The first-order valence-corrected chi connectivity index (χ1v) is 8.96. The van der Waals surface area contributed by atoms with Crippen LogP contribution in [0.4, 0.5) is 10.1 Å². The van der Waals surface area contributed by atoms with Gasteiger partial charge in [0.05, 0.1) is 10.0 Å². The van der Waals surface area contributed by atoms with E-state index >= 15 is 0 Å². The first kappa shape index (κ1) is 21.2. The zero-order valence-corrected chi connectivity index (χ0v) is 16.4. The van der Waals surface area contributed by atoms with E-state index in [4.69, 9.17) is 37.8 Å². The van der Waals surface area contributed by atoms with Crippen molar-refractivity contribution < 1.29 is 33.7 Å². The number of carbonyl (C=O) groups is 2. The van der Waals surface area contributed by atoms with Gasteiger partial charge in [-0.05, 0) is 48.5 Å². The fourth-order valence-corrected chi connectivity index (χ4v) is 2.87. The molecule has 0 aliphatic rings. The maximum absolute atomic E-state index is 13.0. The summed E-state index contributed by atoms with van der Waals surface area (Å²) in [5.41, 5.74) is 0.0655. The second-order valence-corrected chi connectivity index (χ2v) is 6.63. The minimum Gasteiger partial charge on any atom is -0.504 e. The van der Waals surface area contributed by atoms with Gasteiger partial charge in [0.15, 0.2) is 17.2 Å². The topological polar surface area (TPSA) is 105 Å². The normalized spacial score (nSPS) is 10.4. The van der Waals surface area contributed by atoms with Crippen LogP contribution in [0.1, 0.15) is 0 Å². The van der Waals surface area contributed by atoms with Gasteiger partial charge in [-0.3, -0.25) is 4.79 Å². The molecular weight excluding hydrogens is 440 g/mol. The number of carboxylic acids is 1. The SMILES string of the molecule is O=C(O)C(=O)Nc1cc(Cl)c(Oc2ccc(O)c(Oc3ccc(F)cc3)c2)c(Cl)c1. The molecule has 3 N–H and O–H groups in total. The highest BCUT2D eigenvalue weighted by Crippen LogP contribution is 2.41. The fourth-order valence-electron chi connectivity index (χ4n) is 2.30. The second-order valence-electron chi connectivity index (χ2n) is 5.82. The summed E-state index contributed by atoms with van der Waals surface area (Å²) in [6.07, 6.45) is 0. The first-order valence-electron chi connectivity index (χ1n) is 8.20. The molecule has 7 nitrogen and oxygen atoms in total. The van der Waals surface area contributed by atoms with E-state index in [-0.39, 0.29) is 38.7 Å². The molecule has 0 bridgehead atoms. The van der Waals surface area contributed by atoms with Crippen LogP contribution in [0.15, 0.2) is 54.6 Å². The van der Waals surface area contributed by atoms with Gasteiger partial charge in [0.1, 0.15) is 17.3 Å². The number of carboxylic acid groups (broad SMARTS) is 1. The first-order chi connectivity index (χ1) is 14.2. The van der Waals surface area contributed by atoms with Crippen LogP contribution in [0.25, 0.3) is 0 Å². The summed E-state index contributed by atoms with van der Waals surface area (Å²) in [7, 11) is 0. The zero-order valence-electron chi connectivity index (χ0n) is 14.9. The van der Waals surface area contributed by atoms with Crippen molar-refractivity contribution in [3.63, 3.8) is 0 Å². The van der Waals surface area contributed by atoms with Gasteiger partial charge in [-0.25, -0.2) is 9.18 Å². The molecular formula is C20H12Cl2FNO6. The number of aliphatic carboxylic acids is 1. The Hall–Kier alpha value is -3.49. The summed E-state index contributed by atoms with van der Waals surface area (Å²) in [6, 6.07) is 11.8. The van der Waals surface area contributed by atoms with Crippen molar-refractivity contribution in [1.82, 2.24) is 0 Å². The minimum absolute atomic E-state index is 0.00253. The van der Waals surface area contributed by atoms with Gasteiger partial charge in [0.25, 0.3) is 0 Å². The molecule has 0 heterocycles. The van der Waals surface area contributed by atoms with Crippen LogP contribution in [0.2, 0.25) is 10.0 Å². The van der Waals surface area contributed by atoms with Crippen molar-refractivity contribution in [2.45, 2.75) is 0 Å². The maximum Gasteiger partial charge on any atom is 0.394 e. The van der Waals surface area contributed by atoms with Crippen LogP contribution in [-0.2, 0) is 9.59 Å². The van der Waals surface area contributed by atoms with E-state index in [0.717, 1.165) is 0 Å². The van der Waals surface area contributed by atoms with Crippen LogP contribution in [0.5, 0.6) is 28.7 Å². The van der Waals surface area contributed by atoms with Gasteiger partial charge in [-0.1, -0.05) is 23.2 Å². The molecule has 0 fully saturated rings. The van der Waals surface area contributed by atoms with E-state index in [1.54, 1.807) is 0 Å². The Kier molecular flexibility index (Phi) is 6.29. The number of nitrogens with one attached hydrogen (secondary N) is 1. The Morgan fingerprint density at radius 2 is 1.50 bits per heavy atom. The monoisotopic (exact) mass is 451 g/mol. The Labute approximate surface area is 179 Å². The minimum atomic E-state index is -1.67. The molecule has 154 valence electrons. The summed E-state index contributed by atoms with van der Waals surface area (Å²) in [4.78, 5) is 21.9. The van der Waals surface area contributed by atoms with Crippen molar-refractivity contribution >= 4 is 40.8 Å². The van der Waals surface area contributed by atoms with Crippen molar-refractivity contribution in [3.8, 4) is 28.7 Å². The molecule has 0 aliphatic heterocycles.